The van der Waals surface area contributed by atoms with Gasteiger partial charge in [0.1, 0.15) is 0 Å². The van der Waals surface area contributed by atoms with E-state index in [0.29, 0.717) is 23.1 Å². The van der Waals surface area contributed by atoms with Crippen LogP contribution in [0.2, 0.25) is 5.02 Å². The zero-order valence-corrected chi connectivity index (χ0v) is 10.1. The van der Waals surface area contributed by atoms with Crippen molar-refractivity contribution in [2.24, 2.45) is 5.92 Å². The number of hydrogen-bond acceptors (Lipinski definition) is 1. The van der Waals surface area contributed by atoms with E-state index in [1.807, 2.05) is 38.1 Å². The van der Waals surface area contributed by atoms with Crippen molar-refractivity contribution in [3.8, 4) is 0 Å². The number of fused-ring (bicyclic) bond motifs is 1. The molecule has 1 aromatic carbocycles. The molecule has 0 aliphatic carbocycles. The fraction of sp³-hybridized carbons (Fsp3) is 0.308. The van der Waals surface area contributed by atoms with Crippen LogP contribution in [0.1, 0.15) is 30.8 Å². The number of rotatable bonds is 3. The topological polar surface area (TPSA) is 32.9 Å². The van der Waals surface area contributed by atoms with Crippen LogP contribution in [0.4, 0.5) is 0 Å². The molecule has 0 saturated carbocycles. The molecule has 1 heterocycles. The number of carbonyl (C=O) groups is 1. The highest BCUT2D eigenvalue weighted by molar-refractivity contribution is 6.31. The van der Waals surface area contributed by atoms with E-state index in [1.54, 1.807) is 0 Å². The maximum atomic E-state index is 11.8. The number of aromatic amines is 1. The van der Waals surface area contributed by atoms with Gasteiger partial charge in [-0.2, -0.15) is 0 Å². The lowest BCUT2D eigenvalue weighted by Crippen LogP contribution is -2.03. The third kappa shape index (κ3) is 2.27. The van der Waals surface area contributed by atoms with Crippen molar-refractivity contribution in [1.29, 1.82) is 0 Å². The van der Waals surface area contributed by atoms with Gasteiger partial charge in [-0.15, -0.1) is 0 Å². The molecule has 0 radical (unpaired) electrons. The lowest BCUT2D eigenvalue weighted by Gasteiger charge is -2.00. The molecule has 0 atom stereocenters. The van der Waals surface area contributed by atoms with Crippen LogP contribution in [0, 0.1) is 5.92 Å². The number of ketones is 1. The molecule has 1 N–H and O–H groups in total. The lowest BCUT2D eigenvalue weighted by atomic mass is 10.1. The second-order valence-corrected chi connectivity index (χ2v) is 4.87. The number of hydrogen-bond donors (Lipinski definition) is 1. The van der Waals surface area contributed by atoms with Crippen molar-refractivity contribution in [2.75, 3.05) is 0 Å². The van der Waals surface area contributed by atoms with Gasteiger partial charge in [0.25, 0.3) is 0 Å². The van der Waals surface area contributed by atoms with Gasteiger partial charge in [0.15, 0.2) is 5.78 Å². The van der Waals surface area contributed by atoms with Crippen LogP contribution in [-0.4, -0.2) is 10.8 Å². The van der Waals surface area contributed by atoms with Gasteiger partial charge in [-0.05, 0) is 24.1 Å². The first kappa shape index (κ1) is 11.2. The molecular formula is C13H14ClNO. The third-order valence-electron chi connectivity index (χ3n) is 2.48. The predicted octanol–water partition coefficient (Wildman–Crippen LogP) is 4.05. The molecule has 1 aromatic heterocycles. The van der Waals surface area contributed by atoms with Crippen LogP contribution < -0.4 is 0 Å². The molecule has 0 fully saturated rings. The molecule has 0 aliphatic rings. The monoisotopic (exact) mass is 235 g/mol. The SMILES string of the molecule is CC(C)CC(=O)c1cc2ccc(Cl)cc2[nH]1. The Morgan fingerprint density at radius 1 is 1.38 bits per heavy atom. The van der Waals surface area contributed by atoms with Crippen LogP contribution in [0.25, 0.3) is 10.9 Å². The Balaban J connectivity index is 2.36. The minimum absolute atomic E-state index is 0.155. The van der Waals surface area contributed by atoms with E-state index < -0.39 is 0 Å². The highest BCUT2D eigenvalue weighted by Crippen LogP contribution is 2.21. The van der Waals surface area contributed by atoms with Gasteiger partial charge >= 0.3 is 0 Å². The quantitative estimate of drug-likeness (QED) is 0.800. The molecular weight excluding hydrogens is 222 g/mol. The molecule has 0 bridgehead atoms. The number of nitrogens with one attached hydrogen (secondary N) is 1. The Bertz CT molecular complexity index is 528. The van der Waals surface area contributed by atoms with Crippen molar-refractivity contribution in [3.05, 3.63) is 35.0 Å². The van der Waals surface area contributed by atoms with Gasteiger partial charge in [-0.25, -0.2) is 0 Å². The van der Waals surface area contributed by atoms with Gasteiger partial charge in [-0.3, -0.25) is 4.79 Å². The van der Waals surface area contributed by atoms with Crippen molar-refractivity contribution < 1.29 is 4.79 Å². The summed E-state index contributed by atoms with van der Waals surface area (Å²) in [6.07, 6.45) is 0.570. The Morgan fingerprint density at radius 2 is 2.12 bits per heavy atom. The van der Waals surface area contributed by atoms with Gasteiger partial charge in [-0.1, -0.05) is 31.5 Å². The van der Waals surface area contributed by atoms with E-state index in [1.165, 1.54) is 0 Å². The van der Waals surface area contributed by atoms with Crippen molar-refractivity contribution in [1.82, 2.24) is 4.98 Å². The van der Waals surface area contributed by atoms with E-state index in [2.05, 4.69) is 4.98 Å². The summed E-state index contributed by atoms with van der Waals surface area (Å²) in [5.74, 6) is 0.532. The van der Waals surface area contributed by atoms with Crippen LogP contribution in [-0.2, 0) is 0 Å². The standard InChI is InChI=1S/C13H14ClNO/c1-8(2)5-13(16)12-6-9-3-4-10(14)7-11(9)15-12/h3-4,6-8,15H,5H2,1-2H3. The highest BCUT2D eigenvalue weighted by Gasteiger charge is 2.11. The summed E-state index contributed by atoms with van der Waals surface area (Å²) in [7, 11) is 0. The molecule has 0 saturated heterocycles. The number of aromatic nitrogens is 1. The highest BCUT2D eigenvalue weighted by atomic mass is 35.5. The minimum atomic E-state index is 0.155. The summed E-state index contributed by atoms with van der Waals surface area (Å²) in [6, 6.07) is 7.47. The third-order valence-corrected chi connectivity index (χ3v) is 2.71. The first-order chi connectivity index (χ1) is 7.56. The van der Waals surface area contributed by atoms with Crippen LogP contribution in [0.5, 0.6) is 0 Å². The Hall–Kier alpha value is -1.28. The molecule has 2 aromatic rings. The van der Waals surface area contributed by atoms with Gasteiger partial charge in [0.2, 0.25) is 0 Å². The van der Waals surface area contributed by atoms with Crippen molar-refractivity contribution >= 4 is 28.3 Å². The average molecular weight is 236 g/mol. The normalized spacial score (nSPS) is 11.2. The molecule has 16 heavy (non-hydrogen) atoms. The summed E-state index contributed by atoms with van der Waals surface area (Å²) < 4.78 is 0. The average Bonchev–Trinajstić information content (AvgIpc) is 2.59. The number of carbonyl (C=O) groups excluding carboxylic acids is 1. The molecule has 2 nitrogen and oxygen atoms in total. The lowest BCUT2D eigenvalue weighted by molar-refractivity contribution is 0.0964. The van der Waals surface area contributed by atoms with Crippen LogP contribution in [0.15, 0.2) is 24.3 Å². The van der Waals surface area contributed by atoms with E-state index in [9.17, 15) is 4.79 Å². The largest absolute Gasteiger partial charge is 0.352 e. The fourth-order valence-electron chi connectivity index (χ4n) is 1.73. The number of Topliss-reactive ketones (excluding diaryl/α,β-unsaturated/α-hetero) is 1. The van der Waals surface area contributed by atoms with Crippen LogP contribution in [0.3, 0.4) is 0 Å². The van der Waals surface area contributed by atoms with E-state index >= 15 is 0 Å². The van der Waals surface area contributed by atoms with Gasteiger partial charge in [0.05, 0.1) is 5.69 Å². The summed E-state index contributed by atoms with van der Waals surface area (Å²) in [5.41, 5.74) is 1.59. The number of halogens is 1. The number of H-pyrrole nitrogens is 1. The molecule has 84 valence electrons. The van der Waals surface area contributed by atoms with Crippen LogP contribution >= 0.6 is 11.6 Å². The predicted molar refractivity (Wildman–Crippen MR) is 67.1 cm³/mol. The number of benzene rings is 1. The zero-order valence-electron chi connectivity index (χ0n) is 9.38. The fourth-order valence-corrected chi connectivity index (χ4v) is 1.90. The maximum absolute atomic E-state index is 11.8. The van der Waals surface area contributed by atoms with Gasteiger partial charge < -0.3 is 4.98 Å². The van der Waals surface area contributed by atoms with E-state index in [4.69, 9.17) is 11.6 Å². The maximum Gasteiger partial charge on any atom is 0.179 e. The molecule has 3 heteroatoms. The molecule has 0 amide bonds. The smallest absolute Gasteiger partial charge is 0.179 e. The summed E-state index contributed by atoms with van der Waals surface area (Å²) in [4.78, 5) is 15.0. The van der Waals surface area contributed by atoms with E-state index in [-0.39, 0.29) is 5.78 Å². The summed E-state index contributed by atoms with van der Waals surface area (Å²) in [6.45, 7) is 4.08. The molecule has 0 unspecified atom stereocenters. The second kappa shape index (κ2) is 4.30. The first-order valence-electron chi connectivity index (χ1n) is 5.37. The molecule has 0 spiro atoms. The molecule has 0 aliphatic heterocycles. The summed E-state index contributed by atoms with van der Waals surface area (Å²) in [5, 5.41) is 1.70. The molecule has 2 rings (SSSR count). The summed E-state index contributed by atoms with van der Waals surface area (Å²) >= 11 is 5.89. The zero-order chi connectivity index (χ0) is 11.7. The van der Waals surface area contributed by atoms with Crippen molar-refractivity contribution in [3.63, 3.8) is 0 Å². The minimum Gasteiger partial charge on any atom is -0.352 e. The first-order valence-corrected chi connectivity index (χ1v) is 5.75. The van der Waals surface area contributed by atoms with Crippen molar-refractivity contribution in [2.45, 2.75) is 20.3 Å². The Labute approximate surface area is 99.6 Å². The van der Waals surface area contributed by atoms with E-state index in [0.717, 1.165) is 10.9 Å². The Kier molecular flexibility index (Phi) is 3.01. The second-order valence-electron chi connectivity index (χ2n) is 4.44. The van der Waals surface area contributed by atoms with Gasteiger partial charge in [0, 0.05) is 22.3 Å². The Morgan fingerprint density at radius 3 is 2.81 bits per heavy atom.